The van der Waals surface area contributed by atoms with E-state index in [1.54, 1.807) is 6.33 Å². The van der Waals surface area contributed by atoms with Crippen molar-refractivity contribution in [3.8, 4) is 0 Å². The van der Waals surface area contributed by atoms with Crippen LogP contribution in [0.15, 0.2) is 12.4 Å². The molecule has 0 aromatic carbocycles. The van der Waals surface area contributed by atoms with Gasteiger partial charge in [0.25, 0.3) is 0 Å². The lowest BCUT2D eigenvalue weighted by Crippen LogP contribution is -2.37. The summed E-state index contributed by atoms with van der Waals surface area (Å²) in [7, 11) is 0. The number of rotatable bonds is 4. The number of anilines is 2. The van der Waals surface area contributed by atoms with Gasteiger partial charge in [-0.05, 0) is 44.4 Å². The SMILES string of the molecule is O=C(CC1CCN(c2cc(N3CCCC3)ncn2)CC1)N1CCCC1. The highest BCUT2D eigenvalue weighted by Crippen LogP contribution is 2.27. The van der Waals surface area contributed by atoms with E-state index in [1.165, 1.54) is 25.7 Å². The van der Waals surface area contributed by atoms with Crippen molar-refractivity contribution in [1.29, 1.82) is 0 Å². The minimum absolute atomic E-state index is 0.370. The maximum absolute atomic E-state index is 12.3. The van der Waals surface area contributed by atoms with Crippen LogP contribution >= 0.6 is 0 Å². The smallest absolute Gasteiger partial charge is 0.222 e. The molecule has 0 aliphatic carbocycles. The Morgan fingerprint density at radius 1 is 0.880 bits per heavy atom. The second kappa shape index (κ2) is 7.58. The zero-order valence-electron chi connectivity index (χ0n) is 15.1. The van der Waals surface area contributed by atoms with Crippen molar-refractivity contribution in [2.24, 2.45) is 5.92 Å². The van der Waals surface area contributed by atoms with Gasteiger partial charge in [-0.15, -0.1) is 0 Å². The van der Waals surface area contributed by atoms with Gasteiger partial charge >= 0.3 is 0 Å². The van der Waals surface area contributed by atoms with E-state index in [1.807, 2.05) is 0 Å². The summed E-state index contributed by atoms with van der Waals surface area (Å²) in [5.74, 6) is 3.01. The molecule has 0 spiro atoms. The van der Waals surface area contributed by atoms with Crippen LogP contribution in [0.25, 0.3) is 0 Å². The minimum Gasteiger partial charge on any atom is -0.356 e. The van der Waals surface area contributed by atoms with Crippen LogP contribution in [-0.4, -0.2) is 60.0 Å². The van der Waals surface area contributed by atoms with Crippen molar-refractivity contribution in [3.05, 3.63) is 12.4 Å². The fraction of sp³-hybridized carbons (Fsp3) is 0.737. The van der Waals surface area contributed by atoms with Crippen molar-refractivity contribution in [1.82, 2.24) is 14.9 Å². The zero-order chi connectivity index (χ0) is 17.1. The molecule has 0 radical (unpaired) electrons. The normalized spacial score (nSPS) is 22.0. The zero-order valence-corrected chi connectivity index (χ0v) is 15.1. The quantitative estimate of drug-likeness (QED) is 0.840. The first kappa shape index (κ1) is 16.6. The molecule has 0 N–H and O–H groups in total. The van der Waals surface area contributed by atoms with Crippen molar-refractivity contribution < 1.29 is 4.79 Å². The number of hydrogen-bond donors (Lipinski definition) is 0. The fourth-order valence-corrected chi connectivity index (χ4v) is 4.34. The lowest BCUT2D eigenvalue weighted by Gasteiger charge is -2.33. The van der Waals surface area contributed by atoms with Crippen LogP contribution in [0.5, 0.6) is 0 Å². The van der Waals surface area contributed by atoms with Gasteiger partial charge < -0.3 is 14.7 Å². The van der Waals surface area contributed by atoms with Crippen LogP contribution in [0, 0.1) is 5.92 Å². The molecule has 0 saturated carbocycles. The van der Waals surface area contributed by atoms with E-state index in [-0.39, 0.29) is 0 Å². The Bertz CT molecular complexity index is 587. The van der Waals surface area contributed by atoms with Gasteiger partial charge in [0, 0.05) is 51.8 Å². The average Bonchev–Trinajstić information content (AvgIpc) is 3.36. The highest BCUT2D eigenvalue weighted by Gasteiger charge is 2.26. The van der Waals surface area contributed by atoms with Crippen LogP contribution in [0.2, 0.25) is 0 Å². The first-order chi connectivity index (χ1) is 12.3. The van der Waals surface area contributed by atoms with Crippen LogP contribution in [0.1, 0.15) is 44.9 Å². The molecule has 3 saturated heterocycles. The van der Waals surface area contributed by atoms with Gasteiger partial charge in [-0.3, -0.25) is 4.79 Å². The molecule has 25 heavy (non-hydrogen) atoms. The van der Waals surface area contributed by atoms with Gasteiger partial charge in [0.15, 0.2) is 0 Å². The highest BCUT2D eigenvalue weighted by atomic mass is 16.2. The van der Waals surface area contributed by atoms with Gasteiger partial charge in [-0.2, -0.15) is 0 Å². The number of aromatic nitrogens is 2. The number of carbonyl (C=O) groups excluding carboxylic acids is 1. The molecule has 1 aromatic heterocycles. The van der Waals surface area contributed by atoms with E-state index in [0.717, 1.165) is 70.2 Å². The third-order valence-corrected chi connectivity index (χ3v) is 5.93. The Morgan fingerprint density at radius 3 is 2.08 bits per heavy atom. The van der Waals surface area contributed by atoms with Crippen molar-refractivity contribution >= 4 is 17.5 Å². The number of nitrogens with zero attached hydrogens (tertiary/aromatic N) is 5. The highest BCUT2D eigenvalue weighted by molar-refractivity contribution is 5.76. The molecule has 136 valence electrons. The third-order valence-electron chi connectivity index (χ3n) is 5.93. The fourth-order valence-electron chi connectivity index (χ4n) is 4.34. The van der Waals surface area contributed by atoms with E-state index >= 15 is 0 Å². The number of carbonyl (C=O) groups is 1. The first-order valence-corrected chi connectivity index (χ1v) is 9.89. The molecule has 6 heteroatoms. The standard InChI is InChI=1S/C19H29N5O/c25-19(24-9-3-4-10-24)13-16-5-11-23(12-6-16)18-14-17(20-15-21-18)22-7-1-2-8-22/h14-16H,1-13H2. The minimum atomic E-state index is 0.370. The van der Waals surface area contributed by atoms with E-state index in [0.29, 0.717) is 11.8 Å². The van der Waals surface area contributed by atoms with Gasteiger partial charge in [0.2, 0.25) is 5.91 Å². The Balaban J connectivity index is 1.31. The van der Waals surface area contributed by atoms with E-state index in [9.17, 15) is 4.79 Å². The molecule has 1 amide bonds. The van der Waals surface area contributed by atoms with Gasteiger partial charge in [-0.25, -0.2) is 9.97 Å². The number of likely N-dealkylation sites (tertiary alicyclic amines) is 1. The molecule has 1 aromatic rings. The van der Waals surface area contributed by atoms with Gasteiger partial charge in [-0.1, -0.05) is 0 Å². The predicted molar refractivity (Wildman–Crippen MR) is 98.8 cm³/mol. The lowest BCUT2D eigenvalue weighted by molar-refractivity contribution is -0.131. The summed E-state index contributed by atoms with van der Waals surface area (Å²) in [5, 5.41) is 0. The molecular weight excluding hydrogens is 314 g/mol. The first-order valence-electron chi connectivity index (χ1n) is 9.89. The molecule has 6 nitrogen and oxygen atoms in total. The van der Waals surface area contributed by atoms with Crippen LogP contribution in [-0.2, 0) is 4.79 Å². The van der Waals surface area contributed by atoms with Crippen LogP contribution in [0.4, 0.5) is 11.6 Å². The van der Waals surface area contributed by atoms with Crippen molar-refractivity contribution in [2.75, 3.05) is 49.1 Å². The summed E-state index contributed by atoms with van der Waals surface area (Å²) in [4.78, 5) is 28.1. The summed E-state index contributed by atoms with van der Waals surface area (Å²) in [6.45, 7) is 6.15. The molecule has 4 rings (SSSR count). The Kier molecular flexibility index (Phi) is 5.04. The second-order valence-corrected chi connectivity index (χ2v) is 7.65. The molecule has 0 unspecified atom stereocenters. The lowest BCUT2D eigenvalue weighted by atomic mass is 9.93. The molecular formula is C19H29N5O. The van der Waals surface area contributed by atoms with Crippen molar-refractivity contribution in [3.63, 3.8) is 0 Å². The number of hydrogen-bond acceptors (Lipinski definition) is 5. The molecule has 4 heterocycles. The predicted octanol–water partition coefficient (Wildman–Crippen LogP) is 2.31. The monoisotopic (exact) mass is 343 g/mol. The maximum atomic E-state index is 12.3. The number of amides is 1. The molecule has 3 aliphatic heterocycles. The maximum Gasteiger partial charge on any atom is 0.222 e. The Morgan fingerprint density at radius 2 is 1.44 bits per heavy atom. The van der Waals surface area contributed by atoms with Gasteiger partial charge in [0.05, 0.1) is 0 Å². The number of piperidine rings is 1. The Hall–Kier alpha value is -1.85. The van der Waals surface area contributed by atoms with Gasteiger partial charge in [0.1, 0.15) is 18.0 Å². The second-order valence-electron chi connectivity index (χ2n) is 7.65. The summed E-state index contributed by atoms with van der Waals surface area (Å²) < 4.78 is 0. The summed E-state index contributed by atoms with van der Waals surface area (Å²) in [5.41, 5.74) is 0. The summed E-state index contributed by atoms with van der Waals surface area (Å²) in [6.07, 6.45) is 9.48. The summed E-state index contributed by atoms with van der Waals surface area (Å²) in [6, 6.07) is 2.14. The van der Waals surface area contributed by atoms with E-state index in [4.69, 9.17) is 0 Å². The Labute approximate surface area is 150 Å². The van der Waals surface area contributed by atoms with Crippen LogP contribution < -0.4 is 9.80 Å². The molecule has 3 aliphatic rings. The van der Waals surface area contributed by atoms with E-state index in [2.05, 4.69) is 30.7 Å². The van der Waals surface area contributed by atoms with Crippen LogP contribution in [0.3, 0.4) is 0 Å². The molecule has 3 fully saturated rings. The topological polar surface area (TPSA) is 52.6 Å². The average molecular weight is 343 g/mol. The molecule has 0 atom stereocenters. The molecule has 0 bridgehead atoms. The third kappa shape index (κ3) is 3.88. The largest absolute Gasteiger partial charge is 0.356 e. The summed E-state index contributed by atoms with van der Waals surface area (Å²) >= 11 is 0. The van der Waals surface area contributed by atoms with E-state index < -0.39 is 0 Å². The van der Waals surface area contributed by atoms with Crippen molar-refractivity contribution in [2.45, 2.75) is 44.9 Å².